The fraction of sp³-hybridized carbons (Fsp3) is 0.900. The maximum atomic E-state index is 11.8. The first-order valence-electron chi connectivity index (χ1n) is 5.46. The van der Waals surface area contributed by atoms with Crippen LogP contribution in [0.3, 0.4) is 0 Å². The molecule has 0 radical (unpaired) electrons. The van der Waals surface area contributed by atoms with Crippen molar-refractivity contribution in [3.05, 3.63) is 0 Å². The SMILES string of the molecule is CCCCN(CC)C(=O)CNCC(F)(F)F. The average molecular weight is 240 g/mol. The van der Waals surface area contributed by atoms with Gasteiger partial charge in [0, 0.05) is 13.1 Å². The first-order chi connectivity index (χ1) is 7.40. The summed E-state index contributed by atoms with van der Waals surface area (Å²) in [5.74, 6) is -0.278. The van der Waals surface area contributed by atoms with Gasteiger partial charge >= 0.3 is 6.18 Å². The van der Waals surface area contributed by atoms with Crippen LogP contribution in [-0.2, 0) is 4.79 Å². The van der Waals surface area contributed by atoms with Crippen molar-refractivity contribution in [1.82, 2.24) is 10.2 Å². The van der Waals surface area contributed by atoms with Gasteiger partial charge < -0.3 is 10.2 Å². The lowest BCUT2D eigenvalue weighted by atomic mass is 10.3. The van der Waals surface area contributed by atoms with Crippen molar-refractivity contribution >= 4 is 5.91 Å². The predicted octanol–water partition coefficient (Wildman–Crippen LogP) is 1.79. The molecule has 0 aromatic carbocycles. The van der Waals surface area contributed by atoms with Crippen molar-refractivity contribution in [2.24, 2.45) is 0 Å². The van der Waals surface area contributed by atoms with Crippen molar-refractivity contribution in [2.45, 2.75) is 32.9 Å². The molecule has 0 heterocycles. The second-order valence-corrected chi connectivity index (χ2v) is 3.55. The van der Waals surface area contributed by atoms with Crippen LogP contribution in [0.15, 0.2) is 0 Å². The van der Waals surface area contributed by atoms with Gasteiger partial charge in [-0.05, 0) is 13.3 Å². The van der Waals surface area contributed by atoms with Crippen molar-refractivity contribution in [2.75, 3.05) is 26.2 Å². The number of unbranched alkanes of at least 4 members (excludes halogenated alkanes) is 1. The fourth-order valence-electron chi connectivity index (χ4n) is 1.23. The number of nitrogens with one attached hydrogen (secondary N) is 1. The van der Waals surface area contributed by atoms with Crippen LogP contribution in [0.25, 0.3) is 0 Å². The molecule has 1 N–H and O–H groups in total. The highest BCUT2D eigenvalue weighted by Crippen LogP contribution is 2.11. The van der Waals surface area contributed by atoms with E-state index in [1.54, 1.807) is 4.90 Å². The lowest BCUT2D eigenvalue weighted by Crippen LogP contribution is -2.41. The summed E-state index contributed by atoms with van der Waals surface area (Å²) in [7, 11) is 0. The number of halogens is 3. The third kappa shape index (κ3) is 7.50. The third-order valence-corrected chi connectivity index (χ3v) is 2.12. The molecule has 16 heavy (non-hydrogen) atoms. The summed E-state index contributed by atoms with van der Waals surface area (Å²) in [5, 5.41) is 2.10. The number of nitrogens with zero attached hydrogens (tertiary/aromatic N) is 1. The van der Waals surface area contributed by atoms with Gasteiger partial charge in [0.25, 0.3) is 0 Å². The molecule has 3 nitrogen and oxygen atoms in total. The Labute approximate surface area is 94.0 Å². The molecule has 0 aliphatic heterocycles. The fourth-order valence-corrected chi connectivity index (χ4v) is 1.23. The van der Waals surface area contributed by atoms with Crippen LogP contribution in [0.2, 0.25) is 0 Å². The molecular weight excluding hydrogens is 221 g/mol. The van der Waals surface area contributed by atoms with Crippen molar-refractivity contribution < 1.29 is 18.0 Å². The second-order valence-electron chi connectivity index (χ2n) is 3.55. The van der Waals surface area contributed by atoms with Crippen molar-refractivity contribution in [3.8, 4) is 0 Å². The van der Waals surface area contributed by atoms with Gasteiger partial charge in [0.2, 0.25) is 5.91 Å². The highest BCUT2D eigenvalue weighted by molar-refractivity contribution is 5.78. The van der Waals surface area contributed by atoms with Crippen LogP contribution >= 0.6 is 0 Å². The summed E-state index contributed by atoms with van der Waals surface area (Å²) < 4.78 is 35.4. The Morgan fingerprint density at radius 2 is 1.94 bits per heavy atom. The number of carbonyl (C=O) groups is 1. The van der Waals surface area contributed by atoms with Crippen LogP contribution < -0.4 is 5.32 Å². The molecule has 6 heteroatoms. The smallest absolute Gasteiger partial charge is 0.342 e. The van der Waals surface area contributed by atoms with Crippen LogP contribution in [0.5, 0.6) is 0 Å². The minimum absolute atomic E-state index is 0.253. The van der Waals surface area contributed by atoms with E-state index in [4.69, 9.17) is 0 Å². The van der Waals surface area contributed by atoms with E-state index in [1.165, 1.54) is 0 Å². The average Bonchev–Trinajstić information content (AvgIpc) is 2.17. The van der Waals surface area contributed by atoms with Gasteiger partial charge in [0.15, 0.2) is 0 Å². The second kappa shape index (κ2) is 7.49. The molecule has 0 rings (SSSR count). The molecule has 96 valence electrons. The van der Waals surface area contributed by atoms with Crippen LogP contribution in [0.4, 0.5) is 13.2 Å². The Kier molecular flexibility index (Phi) is 7.12. The van der Waals surface area contributed by atoms with Crippen LogP contribution in [0.1, 0.15) is 26.7 Å². The van der Waals surface area contributed by atoms with Crippen molar-refractivity contribution in [3.63, 3.8) is 0 Å². The number of rotatable bonds is 7. The van der Waals surface area contributed by atoms with E-state index in [9.17, 15) is 18.0 Å². The minimum atomic E-state index is -4.26. The number of carbonyl (C=O) groups excluding carboxylic acids is 1. The number of amides is 1. The number of hydrogen-bond donors (Lipinski definition) is 1. The Morgan fingerprint density at radius 1 is 1.31 bits per heavy atom. The quantitative estimate of drug-likeness (QED) is 0.735. The van der Waals surface area contributed by atoms with E-state index in [-0.39, 0.29) is 12.5 Å². The van der Waals surface area contributed by atoms with Gasteiger partial charge in [0.05, 0.1) is 13.1 Å². The van der Waals surface area contributed by atoms with E-state index < -0.39 is 12.7 Å². The summed E-state index contributed by atoms with van der Waals surface area (Å²) in [6.45, 7) is 3.59. The van der Waals surface area contributed by atoms with Gasteiger partial charge in [-0.15, -0.1) is 0 Å². The Morgan fingerprint density at radius 3 is 2.38 bits per heavy atom. The summed E-state index contributed by atoms with van der Waals surface area (Å²) in [6, 6.07) is 0. The standard InChI is InChI=1S/C10H19F3N2O/c1-3-5-6-15(4-2)9(16)7-14-8-10(11,12)13/h14H,3-8H2,1-2H3. The zero-order chi connectivity index (χ0) is 12.6. The van der Waals surface area contributed by atoms with E-state index in [1.807, 2.05) is 13.8 Å². The molecule has 0 aliphatic carbocycles. The number of likely N-dealkylation sites (N-methyl/N-ethyl adjacent to an activating group) is 1. The summed E-state index contributed by atoms with van der Waals surface area (Å²) in [6.07, 6.45) is -2.43. The minimum Gasteiger partial charge on any atom is -0.342 e. The highest BCUT2D eigenvalue weighted by atomic mass is 19.4. The van der Waals surface area contributed by atoms with Gasteiger partial charge in [0.1, 0.15) is 0 Å². The number of alkyl halides is 3. The Hall–Kier alpha value is -0.780. The first-order valence-corrected chi connectivity index (χ1v) is 5.46. The Balaban J connectivity index is 3.84. The maximum Gasteiger partial charge on any atom is 0.401 e. The lowest BCUT2D eigenvalue weighted by Gasteiger charge is -2.21. The van der Waals surface area contributed by atoms with E-state index in [0.717, 1.165) is 12.8 Å². The van der Waals surface area contributed by atoms with E-state index in [0.29, 0.717) is 13.1 Å². The van der Waals surface area contributed by atoms with Gasteiger partial charge in [-0.25, -0.2) is 0 Å². The van der Waals surface area contributed by atoms with E-state index in [2.05, 4.69) is 5.32 Å². The summed E-state index contributed by atoms with van der Waals surface area (Å²) in [4.78, 5) is 13.0. The zero-order valence-electron chi connectivity index (χ0n) is 9.73. The molecule has 0 spiro atoms. The highest BCUT2D eigenvalue weighted by Gasteiger charge is 2.26. The number of hydrogen-bond acceptors (Lipinski definition) is 2. The molecule has 0 bridgehead atoms. The summed E-state index contributed by atoms with van der Waals surface area (Å²) in [5.41, 5.74) is 0. The van der Waals surface area contributed by atoms with Crippen molar-refractivity contribution in [1.29, 1.82) is 0 Å². The first kappa shape index (κ1) is 15.2. The molecular formula is C10H19F3N2O. The van der Waals surface area contributed by atoms with Crippen LogP contribution in [0, 0.1) is 0 Å². The lowest BCUT2D eigenvalue weighted by molar-refractivity contribution is -0.134. The zero-order valence-corrected chi connectivity index (χ0v) is 9.73. The van der Waals surface area contributed by atoms with Crippen LogP contribution in [-0.4, -0.2) is 43.2 Å². The Bertz CT molecular complexity index is 207. The molecule has 0 aliphatic rings. The van der Waals surface area contributed by atoms with Gasteiger partial charge in [-0.1, -0.05) is 13.3 Å². The molecule has 0 aromatic heterocycles. The molecule has 0 unspecified atom stereocenters. The molecule has 0 atom stereocenters. The topological polar surface area (TPSA) is 32.3 Å². The van der Waals surface area contributed by atoms with Gasteiger partial charge in [-0.3, -0.25) is 4.79 Å². The third-order valence-electron chi connectivity index (χ3n) is 2.12. The molecule has 0 fully saturated rings. The normalized spacial score (nSPS) is 11.6. The molecule has 0 saturated carbocycles. The molecule has 1 amide bonds. The summed E-state index contributed by atoms with van der Waals surface area (Å²) >= 11 is 0. The maximum absolute atomic E-state index is 11.8. The molecule has 0 aromatic rings. The molecule has 0 saturated heterocycles. The monoisotopic (exact) mass is 240 g/mol. The van der Waals surface area contributed by atoms with Gasteiger partial charge in [-0.2, -0.15) is 13.2 Å². The largest absolute Gasteiger partial charge is 0.401 e. The predicted molar refractivity (Wildman–Crippen MR) is 56.1 cm³/mol. The van der Waals surface area contributed by atoms with E-state index >= 15 is 0 Å².